The summed E-state index contributed by atoms with van der Waals surface area (Å²) in [5.41, 5.74) is 3.27. The van der Waals surface area contributed by atoms with Crippen molar-refractivity contribution >= 4 is 23.7 Å². The zero-order valence-corrected chi connectivity index (χ0v) is 10.0. The smallest absolute Gasteiger partial charge is 0.198 e. The SMILES string of the molecule is [S-][n+]1c(-c2ccccc2)ccc2ccccc21. The number of pyridine rings is 1. The van der Waals surface area contributed by atoms with Gasteiger partial charge in [-0.2, -0.15) is 0 Å². The molecule has 2 aromatic carbocycles. The summed E-state index contributed by atoms with van der Waals surface area (Å²) in [4.78, 5) is 0. The molecule has 82 valence electrons. The summed E-state index contributed by atoms with van der Waals surface area (Å²) in [5.74, 6) is 0. The summed E-state index contributed by atoms with van der Waals surface area (Å²) in [5, 5.41) is 1.17. The fraction of sp³-hybridized carbons (Fsp3) is 0. The lowest BCUT2D eigenvalue weighted by Gasteiger charge is -2.09. The number of nitrogens with zero attached hydrogens (tertiary/aromatic N) is 1. The molecule has 3 aromatic rings. The van der Waals surface area contributed by atoms with Gasteiger partial charge in [0.1, 0.15) is 0 Å². The monoisotopic (exact) mass is 237 g/mol. The van der Waals surface area contributed by atoms with Crippen LogP contribution >= 0.6 is 0 Å². The summed E-state index contributed by atoms with van der Waals surface area (Å²) in [7, 11) is 0. The van der Waals surface area contributed by atoms with E-state index in [1.54, 1.807) is 0 Å². The quantitative estimate of drug-likeness (QED) is 0.464. The van der Waals surface area contributed by atoms with E-state index in [9.17, 15) is 0 Å². The first-order valence-electron chi connectivity index (χ1n) is 5.53. The van der Waals surface area contributed by atoms with Crippen molar-refractivity contribution in [3.8, 4) is 11.3 Å². The van der Waals surface area contributed by atoms with Gasteiger partial charge in [0.2, 0.25) is 0 Å². The Balaban J connectivity index is 2.29. The minimum atomic E-state index is 1.05. The number of fused-ring (bicyclic) bond motifs is 1. The van der Waals surface area contributed by atoms with E-state index in [2.05, 4.69) is 36.4 Å². The second-order valence-corrected chi connectivity index (χ2v) is 4.30. The first kappa shape index (κ1) is 10.2. The molecule has 0 bridgehead atoms. The molecule has 0 spiro atoms. The number of rotatable bonds is 1. The van der Waals surface area contributed by atoms with Crippen molar-refractivity contribution in [2.45, 2.75) is 0 Å². The number of hydrogen-bond acceptors (Lipinski definition) is 1. The summed E-state index contributed by atoms with van der Waals surface area (Å²) < 4.78 is 1.82. The highest BCUT2D eigenvalue weighted by molar-refractivity contribution is 7.51. The van der Waals surface area contributed by atoms with Gasteiger partial charge in [-0.05, 0) is 24.3 Å². The molecule has 1 nitrogen and oxygen atoms in total. The molecule has 0 aliphatic heterocycles. The molecule has 0 aliphatic carbocycles. The van der Waals surface area contributed by atoms with Crippen molar-refractivity contribution in [2.24, 2.45) is 0 Å². The maximum Gasteiger partial charge on any atom is 0.198 e. The second kappa shape index (κ2) is 4.15. The number of benzene rings is 2. The summed E-state index contributed by atoms with van der Waals surface area (Å²) in [6.45, 7) is 0. The van der Waals surface area contributed by atoms with Gasteiger partial charge in [0.15, 0.2) is 11.2 Å². The Hall–Kier alpha value is -1.93. The topological polar surface area (TPSA) is 3.88 Å². The highest BCUT2D eigenvalue weighted by atomic mass is 32.1. The lowest BCUT2D eigenvalue weighted by atomic mass is 10.1. The molecular weight excluding hydrogens is 226 g/mol. The fourth-order valence-electron chi connectivity index (χ4n) is 2.00. The molecular formula is C15H11NS. The van der Waals surface area contributed by atoms with Crippen LogP contribution in [-0.4, -0.2) is 0 Å². The van der Waals surface area contributed by atoms with Crippen LogP contribution in [0.3, 0.4) is 0 Å². The van der Waals surface area contributed by atoms with E-state index in [0.29, 0.717) is 0 Å². The van der Waals surface area contributed by atoms with Gasteiger partial charge in [-0.1, -0.05) is 30.3 Å². The van der Waals surface area contributed by atoms with Gasteiger partial charge in [0, 0.05) is 23.1 Å². The highest BCUT2D eigenvalue weighted by Gasteiger charge is 2.08. The van der Waals surface area contributed by atoms with Crippen LogP contribution in [0.15, 0.2) is 66.7 Å². The number of para-hydroxylation sites is 1. The van der Waals surface area contributed by atoms with Gasteiger partial charge >= 0.3 is 0 Å². The van der Waals surface area contributed by atoms with Crippen molar-refractivity contribution in [3.63, 3.8) is 0 Å². The number of aromatic nitrogens is 1. The Bertz CT molecular complexity index is 662. The molecule has 0 fully saturated rings. The van der Waals surface area contributed by atoms with E-state index in [-0.39, 0.29) is 0 Å². The maximum absolute atomic E-state index is 5.49. The molecule has 0 N–H and O–H groups in total. The predicted octanol–water partition coefficient (Wildman–Crippen LogP) is 3.10. The normalized spacial score (nSPS) is 10.6. The van der Waals surface area contributed by atoms with E-state index in [1.807, 2.05) is 34.3 Å². The molecule has 0 aliphatic rings. The van der Waals surface area contributed by atoms with Crippen molar-refractivity contribution in [2.75, 3.05) is 0 Å². The average molecular weight is 237 g/mol. The minimum Gasteiger partial charge on any atom is -0.426 e. The zero-order chi connectivity index (χ0) is 11.7. The maximum atomic E-state index is 5.49. The van der Waals surface area contributed by atoms with Gasteiger partial charge in [0.25, 0.3) is 0 Å². The molecule has 17 heavy (non-hydrogen) atoms. The standard InChI is InChI=1S/C15H11NS/c17-16-14-9-5-4-8-13(14)10-11-15(16)12-6-2-1-3-7-12/h1-11H. The van der Waals surface area contributed by atoms with Gasteiger partial charge in [-0.3, -0.25) is 3.97 Å². The van der Waals surface area contributed by atoms with Gasteiger partial charge < -0.3 is 12.8 Å². The first-order valence-corrected chi connectivity index (χ1v) is 5.89. The third-order valence-corrected chi connectivity index (χ3v) is 3.26. The van der Waals surface area contributed by atoms with Gasteiger partial charge in [-0.25, -0.2) is 0 Å². The Morgan fingerprint density at radius 2 is 1.41 bits per heavy atom. The van der Waals surface area contributed by atoms with Crippen LogP contribution in [0.2, 0.25) is 0 Å². The highest BCUT2D eigenvalue weighted by Crippen LogP contribution is 2.18. The summed E-state index contributed by atoms with van der Waals surface area (Å²) in [6.07, 6.45) is 0. The molecule has 1 heterocycles. The third kappa shape index (κ3) is 1.77. The van der Waals surface area contributed by atoms with Crippen LogP contribution in [0.4, 0.5) is 0 Å². The van der Waals surface area contributed by atoms with Crippen molar-refractivity contribution in [1.29, 1.82) is 0 Å². The van der Waals surface area contributed by atoms with Crippen LogP contribution in [0, 0.1) is 0 Å². The Kier molecular flexibility index (Phi) is 2.50. The Labute approximate surface area is 106 Å². The second-order valence-electron chi connectivity index (χ2n) is 3.94. The molecule has 1 aromatic heterocycles. The van der Waals surface area contributed by atoms with E-state index >= 15 is 0 Å². The molecule has 0 unspecified atom stereocenters. The fourth-order valence-corrected chi connectivity index (χ4v) is 2.33. The van der Waals surface area contributed by atoms with Gasteiger partial charge in [0.05, 0.1) is 0 Å². The van der Waals surface area contributed by atoms with Crippen molar-refractivity contribution < 1.29 is 3.97 Å². The third-order valence-electron chi connectivity index (χ3n) is 2.86. The molecule has 0 saturated heterocycles. The van der Waals surface area contributed by atoms with E-state index in [0.717, 1.165) is 16.8 Å². The average Bonchev–Trinajstić information content (AvgIpc) is 2.40. The largest absolute Gasteiger partial charge is 0.426 e. The van der Waals surface area contributed by atoms with Crippen molar-refractivity contribution in [1.82, 2.24) is 0 Å². The minimum absolute atomic E-state index is 1.05. The Morgan fingerprint density at radius 3 is 2.24 bits per heavy atom. The molecule has 0 atom stereocenters. The molecule has 0 saturated carbocycles. The molecule has 3 rings (SSSR count). The summed E-state index contributed by atoms with van der Waals surface area (Å²) in [6, 6.07) is 22.6. The van der Waals surface area contributed by atoms with E-state index in [4.69, 9.17) is 12.8 Å². The van der Waals surface area contributed by atoms with Crippen LogP contribution < -0.4 is 3.97 Å². The van der Waals surface area contributed by atoms with Crippen LogP contribution in [0.25, 0.3) is 22.2 Å². The molecule has 2 heteroatoms. The summed E-state index contributed by atoms with van der Waals surface area (Å²) >= 11 is 5.49. The lowest BCUT2D eigenvalue weighted by Crippen LogP contribution is -2.30. The van der Waals surface area contributed by atoms with E-state index in [1.165, 1.54) is 5.39 Å². The van der Waals surface area contributed by atoms with Crippen LogP contribution in [0.5, 0.6) is 0 Å². The Morgan fingerprint density at radius 1 is 0.706 bits per heavy atom. The predicted molar refractivity (Wildman–Crippen MR) is 72.3 cm³/mol. The van der Waals surface area contributed by atoms with Crippen LogP contribution in [-0.2, 0) is 12.8 Å². The van der Waals surface area contributed by atoms with E-state index < -0.39 is 0 Å². The molecule has 0 radical (unpaired) electrons. The van der Waals surface area contributed by atoms with Gasteiger partial charge in [-0.15, -0.1) is 0 Å². The first-order chi connectivity index (χ1) is 8.36. The zero-order valence-electron chi connectivity index (χ0n) is 9.21. The van der Waals surface area contributed by atoms with Crippen molar-refractivity contribution in [3.05, 3.63) is 66.7 Å². The molecule has 0 amide bonds. The number of hydrogen-bond donors (Lipinski definition) is 0. The lowest BCUT2D eigenvalue weighted by molar-refractivity contribution is -0.448. The van der Waals surface area contributed by atoms with Crippen LogP contribution in [0.1, 0.15) is 0 Å².